The van der Waals surface area contributed by atoms with Crippen molar-refractivity contribution in [3.05, 3.63) is 46.5 Å². The average Bonchev–Trinajstić information content (AvgIpc) is 3.41. The molecular weight excluding hydrogens is 332 g/mol. The van der Waals surface area contributed by atoms with Crippen LogP contribution in [0, 0.1) is 5.92 Å². The summed E-state index contributed by atoms with van der Waals surface area (Å²) in [4.78, 5) is 15.3. The van der Waals surface area contributed by atoms with Crippen molar-refractivity contribution in [1.82, 2.24) is 10.2 Å². The van der Waals surface area contributed by atoms with Crippen LogP contribution < -0.4 is 5.32 Å². The van der Waals surface area contributed by atoms with Gasteiger partial charge in [-0.15, -0.1) is 0 Å². The summed E-state index contributed by atoms with van der Waals surface area (Å²) >= 11 is 5.97. The van der Waals surface area contributed by atoms with Gasteiger partial charge in [-0.2, -0.15) is 0 Å². The minimum absolute atomic E-state index is 0.191. The standard InChI is InChI=1S/C21H29ClN2O/c1-16(2)9-13-24-12-3-4-17(15-24)14-23-20(25)21(10-11-21)18-5-7-19(22)8-6-18/h5-9,17H,3-4,10-15H2,1-2H3,(H,23,25)/t17-/m0/s1. The van der Waals surface area contributed by atoms with Crippen molar-refractivity contribution in [3.8, 4) is 0 Å². The van der Waals surface area contributed by atoms with Crippen LogP contribution >= 0.6 is 11.6 Å². The highest BCUT2D eigenvalue weighted by molar-refractivity contribution is 6.30. The van der Waals surface area contributed by atoms with E-state index in [2.05, 4.69) is 30.1 Å². The largest absolute Gasteiger partial charge is 0.355 e. The zero-order valence-corrected chi connectivity index (χ0v) is 16.1. The highest BCUT2D eigenvalue weighted by atomic mass is 35.5. The number of carbonyl (C=O) groups is 1. The molecular formula is C21H29ClN2O. The maximum Gasteiger partial charge on any atom is 0.230 e. The fraction of sp³-hybridized carbons (Fsp3) is 0.571. The van der Waals surface area contributed by atoms with E-state index >= 15 is 0 Å². The molecule has 1 aliphatic heterocycles. The SMILES string of the molecule is CC(C)=CCN1CCC[C@@H](CNC(=O)C2(c3ccc(Cl)cc3)CC2)C1. The lowest BCUT2D eigenvalue weighted by Gasteiger charge is -2.32. The van der Waals surface area contributed by atoms with Gasteiger partial charge in [-0.25, -0.2) is 0 Å². The molecule has 1 saturated heterocycles. The number of hydrogen-bond acceptors (Lipinski definition) is 2. The topological polar surface area (TPSA) is 32.3 Å². The smallest absolute Gasteiger partial charge is 0.230 e. The number of hydrogen-bond donors (Lipinski definition) is 1. The molecule has 0 spiro atoms. The van der Waals surface area contributed by atoms with Gasteiger partial charge in [0.15, 0.2) is 0 Å². The molecule has 2 aliphatic rings. The van der Waals surface area contributed by atoms with Crippen LogP contribution in [0.1, 0.15) is 45.1 Å². The average molecular weight is 361 g/mol. The molecule has 2 fully saturated rings. The summed E-state index contributed by atoms with van der Waals surface area (Å²) in [6.45, 7) is 8.36. The van der Waals surface area contributed by atoms with E-state index in [1.165, 1.54) is 25.0 Å². The van der Waals surface area contributed by atoms with Crippen LogP contribution in [0.5, 0.6) is 0 Å². The zero-order valence-electron chi connectivity index (χ0n) is 15.4. The van der Waals surface area contributed by atoms with E-state index in [4.69, 9.17) is 11.6 Å². The number of rotatable bonds is 6. The zero-order chi connectivity index (χ0) is 17.9. The summed E-state index contributed by atoms with van der Waals surface area (Å²) in [6, 6.07) is 7.76. The molecule has 3 nitrogen and oxygen atoms in total. The first kappa shape index (κ1) is 18.5. The molecule has 136 valence electrons. The first-order valence-corrected chi connectivity index (χ1v) is 9.77. The Bertz CT molecular complexity index is 630. The molecule has 25 heavy (non-hydrogen) atoms. The number of nitrogens with zero attached hydrogens (tertiary/aromatic N) is 1. The summed E-state index contributed by atoms with van der Waals surface area (Å²) in [6.07, 6.45) is 6.61. The summed E-state index contributed by atoms with van der Waals surface area (Å²) in [5.41, 5.74) is 2.17. The van der Waals surface area contributed by atoms with Gasteiger partial charge >= 0.3 is 0 Å². The minimum atomic E-state index is -0.305. The van der Waals surface area contributed by atoms with Crippen molar-refractivity contribution >= 4 is 17.5 Å². The van der Waals surface area contributed by atoms with Crippen LogP contribution in [0.15, 0.2) is 35.9 Å². The number of halogens is 1. The maximum absolute atomic E-state index is 12.8. The second kappa shape index (κ2) is 7.92. The van der Waals surface area contributed by atoms with Crippen LogP contribution in [-0.2, 0) is 10.2 Å². The molecule has 1 aromatic rings. The minimum Gasteiger partial charge on any atom is -0.355 e. The Kier molecular flexibility index (Phi) is 5.85. The van der Waals surface area contributed by atoms with Gasteiger partial charge in [0.25, 0.3) is 0 Å². The van der Waals surface area contributed by atoms with Crippen molar-refractivity contribution in [2.75, 3.05) is 26.2 Å². The van der Waals surface area contributed by atoms with Crippen molar-refractivity contribution in [1.29, 1.82) is 0 Å². The second-order valence-electron chi connectivity index (χ2n) is 7.85. The number of nitrogens with one attached hydrogen (secondary N) is 1. The van der Waals surface area contributed by atoms with Gasteiger partial charge in [0.05, 0.1) is 5.41 Å². The second-order valence-corrected chi connectivity index (χ2v) is 8.28. The first-order valence-electron chi connectivity index (χ1n) is 9.40. The number of likely N-dealkylation sites (tertiary alicyclic amines) is 1. The number of piperidine rings is 1. The Hall–Kier alpha value is -1.32. The third-order valence-corrected chi connectivity index (χ3v) is 5.75. The van der Waals surface area contributed by atoms with Crippen LogP contribution in [0.3, 0.4) is 0 Å². The Morgan fingerprint density at radius 3 is 2.68 bits per heavy atom. The molecule has 1 aromatic carbocycles. The molecule has 1 atom stereocenters. The highest BCUT2D eigenvalue weighted by Crippen LogP contribution is 2.48. The van der Waals surface area contributed by atoms with E-state index in [0.717, 1.165) is 43.1 Å². The van der Waals surface area contributed by atoms with E-state index in [0.29, 0.717) is 5.92 Å². The molecule has 0 aromatic heterocycles. The van der Waals surface area contributed by atoms with Gasteiger partial charge in [-0.05, 0) is 69.7 Å². The van der Waals surface area contributed by atoms with Gasteiger partial charge < -0.3 is 5.32 Å². The lowest BCUT2D eigenvalue weighted by Crippen LogP contribution is -2.43. The van der Waals surface area contributed by atoms with Gasteiger partial charge in [0, 0.05) is 24.7 Å². The molecule has 1 amide bonds. The van der Waals surface area contributed by atoms with Crippen LogP contribution in [0.2, 0.25) is 5.02 Å². The van der Waals surface area contributed by atoms with Crippen molar-refractivity contribution in [3.63, 3.8) is 0 Å². The van der Waals surface area contributed by atoms with Crippen molar-refractivity contribution in [2.24, 2.45) is 5.92 Å². The summed E-state index contributed by atoms with van der Waals surface area (Å²) in [7, 11) is 0. The molecule has 1 heterocycles. The third kappa shape index (κ3) is 4.65. The van der Waals surface area contributed by atoms with E-state index in [-0.39, 0.29) is 11.3 Å². The van der Waals surface area contributed by atoms with E-state index in [1.807, 2.05) is 24.3 Å². The quantitative estimate of drug-likeness (QED) is 0.772. The lowest BCUT2D eigenvalue weighted by molar-refractivity contribution is -0.123. The molecule has 0 radical (unpaired) electrons. The molecule has 0 unspecified atom stereocenters. The van der Waals surface area contributed by atoms with Gasteiger partial charge in [-0.3, -0.25) is 9.69 Å². The van der Waals surface area contributed by atoms with Gasteiger partial charge in [0.1, 0.15) is 0 Å². The molecule has 1 N–H and O–H groups in total. The van der Waals surface area contributed by atoms with Crippen molar-refractivity contribution in [2.45, 2.75) is 44.9 Å². The number of carbonyl (C=O) groups excluding carboxylic acids is 1. The van der Waals surface area contributed by atoms with E-state index < -0.39 is 0 Å². The number of allylic oxidation sites excluding steroid dienone is 1. The van der Waals surface area contributed by atoms with Gasteiger partial charge in [-0.1, -0.05) is 35.4 Å². The summed E-state index contributed by atoms with van der Waals surface area (Å²) in [5, 5.41) is 3.96. The monoisotopic (exact) mass is 360 g/mol. The van der Waals surface area contributed by atoms with Crippen LogP contribution in [0.25, 0.3) is 0 Å². The number of amides is 1. The maximum atomic E-state index is 12.8. The van der Waals surface area contributed by atoms with E-state index in [1.54, 1.807) is 0 Å². The number of benzene rings is 1. The molecule has 0 bridgehead atoms. The third-order valence-electron chi connectivity index (χ3n) is 5.49. The Labute approximate surface area is 156 Å². The van der Waals surface area contributed by atoms with E-state index in [9.17, 15) is 4.79 Å². The van der Waals surface area contributed by atoms with Crippen LogP contribution in [-0.4, -0.2) is 37.0 Å². The van der Waals surface area contributed by atoms with Crippen LogP contribution in [0.4, 0.5) is 0 Å². The Morgan fingerprint density at radius 2 is 2.04 bits per heavy atom. The molecule has 1 saturated carbocycles. The van der Waals surface area contributed by atoms with Gasteiger partial charge in [0.2, 0.25) is 5.91 Å². The van der Waals surface area contributed by atoms with Crippen molar-refractivity contribution < 1.29 is 4.79 Å². The highest BCUT2D eigenvalue weighted by Gasteiger charge is 2.51. The fourth-order valence-electron chi connectivity index (χ4n) is 3.74. The summed E-state index contributed by atoms with van der Waals surface area (Å²) in [5.74, 6) is 0.750. The molecule has 1 aliphatic carbocycles. The predicted molar refractivity (Wildman–Crippen MR) is 104 cm³/mol. The first-order chi connectivity index (χ1) is 12.0. The predicted octanol–water partition coefficient (Wildman–Crippen LogP) is 4.17. The summed E-state index contributed by atoms with van der Waals surface area (Å²) < 4.78 is 0. The normalized spacial score (nSPS) is 22.3. The Balaban J connectivity index is 1.52. The molecule has 4 heteroatoms. The Morgan fingerprint density at radius 1 is 1.32 bits per heavy atom. The lowest BCUT2D eigenvalue weighted by atomic mass is 9.93. The fourth-order valence-corrected chi connectivity index (χ4v) is 3.87. The molecule has 3 rings (SSSR count).